The molecule has 0 unspecified atom stereocenters. The molecule has 0 aliphatic carbocycles. The van der Waals surface area contributed by atoms with Crippen LogP contribution in [0.3, 0.4) is 0 Å². The van der Waals surface area contributed by atoms with Crippen molar-refractivity contribution >= 4 is 6.03 Å². The van der Waals surface area contributed by atoms with Gasteiger partial charge in [0.05, 0.1) is 20.3 Å². The van der Waals surface area contributed by atoms with Crippen LogP contribution in [0.5, 0.6) is 11.5 Å². The van der Waals surface area contributed by atoms with Gasteiger partial charge in [0.25, 0.3) is 0 Å². The second kappa shape index (κ2) is 9.70. The van der Waals surface area contributed by atoms with Crippen LogP contribution in [0.1, 0.15) is 37.4 Å². The van der Waals surface area contributed by atoms with Crippen molar-refractivity contribution in [3.63, 3.8) is 0 Å². The molecule has 0 aliphatic rings. The molecule has 2 amide bonds. The third kappa shape index (κ3) is 5.69. The molecule has 0 aliphatic heterocycles. The Hall–Kier alpha value is -2.69. The van der Waals surface area contributed by atoms with E-state index in [1.165, 1.54) is 5.56 Å². The van der Waals surface area contributed by atoms with Gasteiger partial charge in [-0.25, -0.2) is 4.79 Å². The minimum Gasteiger partial charge on any atom is -0.497 e. The number of carbonyl (C=O) groups excluding carboxylic acids is 1. The number of nitrogens with one attached hydrogen (secondary N) is 2. The van der Waals surface area contributed by atoms with Crippen molar-refractivity contribution < 1.29 is 14.3 Å². The number of carbonyl (C=O) groups is 1. The van der Waals surface area contributed by atoms with Gasteiger partial charge in [0.1, 0.15) is 11.5 Å². The molecule has 0 spiro atoms. The first-order chi connectivity index (χ1) is 12.5. The second-order valence-electron chi connectivity index (χ2n) is 6.37. The third-order valence-electron chi connectivity index (χ3n) is 4.34. The Bertz CT molecular complexity index is 704. The molecule has 2 rings (SSSR count). The third-order valence-corrected chi connectivity index (χ3v) is 4.34. The summed E-state index contributed by atoms with van der Waals surface area (Å²) in [6.45, 7) is 3.94. The number of rotatable bonds is 8. The zero-order valence-corrected chi connectivity index (χ0v) is 15.9. The molecule has 2 aromatic carbocycles. The zero-order valence-electron chi connectivity index (χ0n) is 15.9. The van der Waals surface area contributed by atoms with E-state index in [0.29, 0.717) is 0 Å². The highest BCUT2D eigenvalue weighted by molar-refractivity contribution is 5.74. The Morgan fingerprint density at radius 3 is 2.38 bits per heavy atom. The predicted molar refractivity (Wildman–Crippen MR) is 104 cm³/mol. The van der Waals surface area contributed by atoms with E-state index in [9.17, 15) is 4.79 Å². The van der Waals surface area contributed by atoms with E-state index in [0.717, 1.165) is 29.9 Å². The summed E-state index contributed by atoms with van der Waals surface area (Å²) in [7, 11) is 3.23. The summed E-state index contributed by atoms with van der Waals surface area (Å²) in [4.78, 5) is 12.3. The lowest BCUT2D eigenvalue weighted by atomic mass is 10.1. The van der Waals surface area contributed by atoms with Crippen molar-refractivity contribution in [3.8, 4) is 11.5 Å². The molecule has 0 radical (unpaired) electrons. The summed E-state index contributed by atoms with van der Waals surface area (Å²) >= 11 is 0. The first kappa shape index (κ1) is 19.6. The number of aryl methyl sites for hydroxylation is 1. The van der Waals surface area contributed by atoms with Crippen LogP contribution in [0.25, 0.3) is 0 Å². The van der Waals surface area contributed by atoms with E-state index in [1.54, 1.807) is 14.2 Å². The maximum atomic E-state index is 12.3. The van der Waals surface area contributed by atoms with Crippen LogP contribution >= 0.6 is 0 Å². The van der Waals surface area contributed by atoms with E-state index < -0.39 is 0 Å². The van der Waals surface area contributed by atoms with Crippen molar-refractivity contribution in [3.05, 3.63) is 59.7 Å². The van der Waals surface area contributed by atoms with Crippen LogP contribution in [-0.4, -0.2) is 26.3 Å². The zero-order chi connectivity index (χ0) is 18.9. The van der Waals surface area contributed by atoms with Crippen LogP contribution in [0.15, 0.2) is 48.5 Å². The Morgan fingerprint density at radius 2 is 1.73 bits per heavy atom. The summed E-state index contributed by atoms with van der Waals surface area (Å²) in [5.41, 5.74) is 2.15. The van der Waals surface area contributed by atoms with Crippen LogP contribution in [0.2, 0.25) is 0 Å². The van der Waals surface area contributed by atoms with Gasteiger partial charge in [0.15, 0.2) is 0 Å². The summed E-state index contributed by atoms with van der Waals surface area (Å²) < 4.78 is 10.7. The Labute approximate surface area is 155 Å². The van der Waals surface area contributed by atoms with Gasteiger partial charge in [0, 0.05) is 11.6 Å². The molecule has 2 atom stereocenters. The molecule has 140 valence electrons. The number of amides is 2. The molecule has 0 bridgehead atoms. The van der Waals surface area contributed by atoms with Crippen molar-refractivity contribution in [2.24, 2.45) is 0 Å². The van der Waals surface area contributed by atoms with E-state index in [4.69, 9.17) is 9.47 Å². The van der Waals surface area contributed by atoms with Gasteiger partial charge >= 0.3 is 6.03 Å². The van der Waals surface area contributed by atoms with Gasteiger partial charge in [-0.05, 0) is 50.5 Å². The molecule has 2 N–H and O–H groups in total. The number of hydrogen-bond acceptors (Lipinski definition) is 3. The fourth-order valence-electron chi connectivity index (χ4n) is 2.82. The van der Waals surface area contributed by atoms with Crippen molar-refractivity contribution in [2.45, 2.75) is 38.8 Å². The highest BCUT2D eigenvalue weighted by atomic mass is 16.5. The Kier molecular flexibility index (Phi) is 7.33. The van der Waals surface area contributed by atoms with E-state index in [-0.39, 0.29) is 18.1 Å². The Morgan fingerprint density at radius 1 is 1.00 bits per heavy atom. The average Bonchev–Trinajstić information content (AvgIpc) is 2.66. The van der Waals surface area contributed by atoms with Gasteiger partial charge in [-0.2, -0.15) is 0 Å². The fraction of sp³-hybridized carbons (Fsp3) is 0.381. The topological polar surface area (TPSA) is 59.6 Å². The van der Waals surface area contributed by atoms with Gasteiger partial charge in [0.2, 0.25) is 0 Å². The number of methoxy groups -OCH3 is 2. The highest BCUT2D eigenvalue weighted by Crippen LogP contribution is 2.29. The first-order valence-corrected chi connectivity index (χ1v) is 8.86. The number of urea groups is 1. The van der Waals surface area contributed by atoms with E-state index in [2.05, 4.69) is 22.8 Å². The van der Waals surface area contributed by atoms with Gasteiger partial charge in [-0.3, -0.25) is 0 Å². The van der Waals surface area contributed by atoms with Crippen molar-refractivity contribution in [1.82, 2.24) is 10.6 Å². The number of benzene rings is 2. The molecule has 5 heteroatoms. The minimum atomic E-state index is -0.207. The molecule has 0 aromatic heterocycles. The molecule has 0 saturated heterocycles. The highest BCUT2D eigenvalue weighted by Gasteiger charge is 2.16. The predicted octanol–water partition coefficient (Wildman–Crippen LogP) is 4.09. The molecule has 2 aromatic rings. The molecular weight excluding hydrogens is 328 g/mol. The summed E-state index contributed by atoms with van der Waals surface area (Å²) in [6, 6.07) is 15.5. The van der Waals surface area contributed by atoms with Gasteiger partial charge in [-0.1, -0.05) is 30.3 Å². The smallest absolute Gasteiger partial charge is 0.315 e. The first-order valence-electron chi connectivity index (χ1n) is 8.86. The van der Waals surface area contributed by atoms with Crippen LogP contribution < -0.4 is 20.1 Å². The quantitative estimate of drug-likeness (QED) is 0.749. The lowest BCUT2D eigenvalue weighted by molar-refractivity contribution is 0.234. The molecule has 0 heterocycles. The SMILES string of the molecule is COc1ccc(OC)c([C@@H](C)NC(=O)N[C@H](C)CCc2ccccc2)c1. The molecule has 0 fully saturated rings. The maximum Gasteiger partial charge on any atom is 0.315 e. The van der Waals surface area contributed by atoms with Crippen LogP contribution in [0.4, 0.5) is 4.79 Å². The van der Waals surface area contributed by atoms with Crippen LogP contribution in [-0.2, 0) is 6.42 Å². The second-order valence-corrected chi connectivity index (χ2v) is 6.37. The van der Waals surface area contributed by atoms with E-state index >= 15 is 0 Å². The lowest BCUT2D eigenvalue weighted by Crippen LogP contribution is -2.42. The van der Waals surface area contributed by atoms with Crippen molar-refractivity contribution in [2.75, 3.05) is 14.2 Å². The number of hydrogen-bond donors (Lipinski definition) is 2. The molecule has 0 saturated carbocycles. The molecular formula is C21H28N2O3. The normalized spacial score (nSPS) is 12.8. The number of ether oxygens (including phenoxy) is 2. The van der Waals surface area contributed by atoms with Crippen LogP contribution in [0, 0.1) is 0 Å². The van der Waals surface area contributed by atoms with Gasteiger partial charge in [-0.15, -0.1) is 0 Å². The largest absolute Gasteiger partial charge is 0.497 e. The molecule has 5 nitrogen and oxygen atoms in total. The molecule has 26 heavy (non-hydrogen) atoms. The summed E-state index contributed by atoms with van der Waals surface area (Å²) in [6.07, 6.45) is 1.82. The monoisotopic (exact) mass is 356 g/mol. The van der Waals surface area contributed by atoms with Gasteiger partial charge < -0.3 is 20.1 Å². The van der Waals surface area contributed by atoms with E-state index in [1.807, 2.05) is 50.2 Å². The standard InChI is InChI=1S/C21H28N2O3/c1-15(10-11-17-8-6-5-7-9-17)22-21(24)23-16(2)19-14-18(25-3)12-13-20(19)26-4/h5-9,12-16H,10-11H2,1-4H3,(H2,22,23,24)/t15-,16-/m1/s1. The summed E-state index contributed by atoms with van der Waals surface area (Å²) in [5, 5.41) is 5.96. The van der Waals surface area contributed by atoms with Crippen molar-refractivity contribution in [1.29, 1.82) is 0 Å². The Balaban J connectivity index is 1.88. The maximum absolute atomic E-state index is 12.3. The minimum absolute atomic E-state index is 0.0783. The lowest BCUT2D eigenvalue weighted by Gasteiger charge is -2.20. The summed E-state index contributed by atoms with van der Waals surface area (Å²) in [5.74, 6) is 1.45. The average molecular weight is 356 g/mol. The fourth-order valence-corrected chi connectivity index (χ4v) is 2.82.